The van der Waals surface area contributed by atoms with Crippen molar-refractivity contribution in [1.29, 1.82) is 0 Å². The van der Waals surface area contributed by atoms with Crippen LogP contribution < -0.4 is 0 Å². The summed E-state index contributed by atoms with van der Waals surface area (Å²) in [4.78, 5) is 13.1. The van der Waals surface area contributed by atoms with Crippen molar-refractivity contribution in [1.82, 2.24) is 0 Å². The van der Waals surface area contributed by atoms with Crippen molar-refractivity contribution in [2.75, 3.05) is 33.0 Å². The fourth-order valence-electron chi connectivity index (χ4n) is 10.0. The first-order valence-electron chi connectivity index (χ1n) is 30.8. The van der Waals surface area contributed by atoms with E-state index in [1.807, 2.05) is 0 Å². The molecule has 2 heterocycles. The summed E-state index contributed by atoms with van der Waals surface area (Å²) in [6, 6.07) is 0. The van der Waals surface area contributed by atoms with Crippen LogP contribution >= 0.6 is 0 Å². The highest BCUT2D eigenvalue weighted by atomic mass is 16.7. The molecule has 2 rings (SSSR count). The van der Waals surface area contributed by atoms with Gasteiger partial charge in [0, 0.05) is 13.0 Å². The topological polar surface area (TPSA) is 214 Å². The Kier molecular flexibility index (Phi) is 44.4. The molecule has 0 aliphatic carbocycles. The number of aliphatic hydroxyl groups excluding tert-OH is 7. The van der Waals surface area contributed by atoms with Gasteiger partial charge < -0.3 is 64.2 Å². The molecule has 2 aliphatic heterocycles. The number of hydrogen-bond acceptors (Lipinski definition) is 14. The molecule has 11 atom stereocenters. The Morgan fingerprint density at radius 3 is 1.23 bits per heavy atom. The third-order valence-electron chi connectivity index (χ3n) is 15.0. The van der Waals surface area contributed by atoms with E-state index in [0.29, 0.717) is 13.0 Å². The van der Waals surface area contributed by atoms with Gasteiger partial charge >= 0.3 is 5.97 Å². The zero-order valence-corrected chi connectivity index (χ0v) is 47.1. The zero-order valence-electron chi connectivity index (χ0n) is 47.1. The Morgan fingerprint density at radius 1 is 0.432 bits per heavy atom. The summed E-state index contributed by atoms with van der Waals surface area (Å²) in [7, 11) is 0. The van der Waals surface area contributed by atoms with Gasteiger partial charge in [-0.05, 0) is 38.5 Å². The first-order valence-corrected chi connectivity index (χ1v) is 30.8. The van der Waals surface area contributed by atoms with Crippen molar-refractivity contribution in [3.63, 3.8) is 0 Å². The van der Waals surface area contributed by atoms with Crippen LogP contribution in [0, 0.1) is 0 Å². The first kappa shape index (κ1) is 68.8. The molecule has 11 unspecified atom stereocenters. The molecule has 0 radical (unpaired) electrons. The lowest BCUT2D eigenvalue weighted by Crippen LogP contribution is -2.61. The molecule has 2 fully saturated rings. The fourth-order valence-corrected chi connectivity index (χ4v) is 10.0. The quantitative estimate of drug-likeness (QED) is 0.0172. The monoisotopic (exact) mass is 1060 g/mol. The van der Waals surface area contributed by atoms with Crippen LogP contribution in [0.1, 0.15) is 264 Å². The van der Waals surface area contributed by atoms with E-state index in [0.717, 1.165) is 44.9 Å². The maximum absolute atomic E-state index is 13.1. The van der Waals surface area contributed by atoms with Crippen molar-refractivity contribution in [2.24, 2.45) is 0 Å². The van der Waals surface area contributed by atoms with Crippen molar-refractivity contribution < 1.29 is 69.0 Å². The minimum Gasteiger partial charge on any atom is -0.457 e. The highest BCUT2D eigenvalue weighted by Crippen LogP contribution is 2.27. The molecule has 2 saturated heterocycles. The standard InChI is InChI=1S/C60H114O14/c1-3-5-7-9-11-13-15-17-19-21-22-23-24-25-26-27-28-29-31-33-35-37-39-41-43-52(62)72-49(46-69-44-42-40-38-36-34-32-30-20-18-16-14-12-10-8-6-4-2)47-70-59-58(68)56(66)54(64)51(74-59)48-71-60-57(67)55(65)53(63)50(45-61)73-60/h18,20,49-51,53-61,63-68H,3-17,19,21-48H2,1-2H3/b20-18-. The maximum atomic E-state index is 13.1. The van der Waals surface area contributed by atoms with E-state index in [-0.39, 0.29) is 25.6 Å². The van der Waals surface area contributed by atoms with E-state index in [1.165, 1.54) is 193 Å². The molecule has 14 heteroatoms. The maximum Gasteiger partial charge on any atom is 0.306 e. The SMILES string of the molecule is CCCCCCCC/C=C\CCCCCCCCOCC(COC1OC(COC2OC(CO)C(O)C(O)C2O)C(O)C(O)C1O)OC(=O)CCCCCCCCCCCCCCCCCCCCCCCCCC. The van der Waals surface area contributed by atoms with Gasteiger partial charge in [0.15, 0.2) is 12.6 Å². The summed E-state index contributed by atoms with van der Waals surface area (Å²) in [6.07, 6.45) is 37.1. The average Bonchev–Trinajstić information content (AvgIpc) is 3.40. The second-order valence-electron chi connectivity index (χ2n) is 21.9. The molecule has 0 amide bonds. The molecule has 14 nitrogen and oxygen atoms in total. The molecule has 0 aromatic carbocycles. The number of allylic oxidation sites excluding steroid dienone is 2. The van der Waals surface area contributed by atoms with Gasteiger partial charge in [0.2, 0.25) is 0 Å². The number of unbranched alkanes of at least 4 members (excludes halogenated alkanes) is 35. The number of hydrogen-bond donors (Lipinski definition) is 7. The van der Waals surface area contributed by atoms with Crippen molar-refractivity contribution in [3.8, 4) is 0 Å². The highest BCUT2D eigenvalue weighted by Gasteiger charge is 2.47. The van der Waals surface area contributed by atoms with E-state index in [9.17, 15) is 40.5 Å². The second kappa shape index (κ2) is 47.7. The van der Waals surface area contributed by atoms with Gasteiger partial charge in [-0.25, -0.2) is 0 Å². The number of rotatable bonds is 51. The van der Waals surface area contributed by atoms with Crippen LogP contribution in [0.15, 0.2) is 12.2 Å². The number of aliphatic hydroxyl groups is 7. The van der Waals surface area contributed by atoms with Gasteiger partial charge in [-0.1, -0.05) is 231 Å². The third-order valence-corrected chi connectivity index (χ3v) is 15.0. The molecule has 2 aliphatic rings. The van der Waals surface area contributed by atoms with Crippen LogP contribution in [0.5, 0.6) is 0 Å². The lowest BCUT2D eigenvalue weighted by molar-refractivity contribution is -0.332. The lowest BCUT2D eigenvalue weighted by Gasteiger charge is -2.42. The second-order valence-corrected chi connectivity index (χ2v) is 21.9. The largest absolute Gasteiger partial charge is 0.457 e. The van der Waals surface area contributed by atoms with E-state index in [2.05, 4.69) is 26.0 Å². The zero-order chi connectivity index (χ0) is 53.7. The summed E-state index contributed by atoms with van der Waals surface area (Å²) in [6.45, 7) is 3.73. The molecule has 0 saturated carbocycles. The third kappa shape index (κ3) is 33.9. The minimum atomic E-state index is -1.70. The molecule has 0 aromatic heterocycles. The lowest BCUT2D eigenvalue weighted by atomic mass is 9.98. The van der Waals surface area contributed by atoms with Crippen LogP contribution in [0.3, 0.4) is 0 Å². The van der Waals surface area contributed by atoms with E-state index >= 15 is 0 Å². The van der Waals surface area contributed by atoms with Gasteiger partial charge in [0.1, 0.15) is 54.9 Å². The van der Waals surface area contributed by atoms with Crippen LogP contribution in [0.25, 0.3) is 0 Å². The predicted octanol–water partition coefficient (Wildman–Crippen LogP) is 11.4. The summed E-state index contributed by atoms with van der Waals surface area (Å²) < 4.78 is 34.4. The van der Waals surface area contributed by atoms with Gasteiger partial charge in [-0.3, -0.25) is 4.79 Å². The molecule has 438 valence electrons. The number of esters is 1. The normalized spacial score (nSPS) is 24.8. The van der Waals surface area contributed by atoms with Gasteiger partial charge in [-0.2, -0.15) is 0 Å². The number of carbonyl (C=O) groups excluding carboxylic acids is 1. The van der Waals surface area contributed by atoms with Crippen molar-refractivity contribution >= 4 is 5.97 Å². The van der Waals surface area contributed by atoms with E-state index < -0.39 is 80.7 Å². The summed E-state index contributed by atoms with van der Waals surface area (Å²) >= 11 is 0. The molecular formula is C60H114O14. The minimum absolute atomic E-state index is 0.0634. The van der Waals surface area contributed by atoms with Gasteiger partial charge in [0.25, 0.3) is 0 Å². The van der Waals surface area contributed by atoms with E-state index in [4.69, 9.17) is 28.4 Å². The Labute approximate surface area is 450 Å². The highest BCUT2D eigenvalue weighted by molar-refractivity contribution is 5.69. The average molecular weight is 1060 g/mol. The Hall–Kier alpha value is -1.27. The molecule has 7 N–H and O–H groups in total. The summed E-state index contributed by atoms with van der Waals surface area (Å²) in [5, 5.41) is 72.4. The van der Waals surface area contributed by atoms with E-state index in [1.54, 1.807) is 0 Å². The Morgan fingerprint density at radius 2 is 0.797 bits per heavy atom. The fraction of sp³-hybridized carbons (Fsp3) is 0.950. The van der Waals surface area contributed by atoms with Crippen LogP contribution in [0.4, 0.5) is 0 Å². The number of ether oxygens (including phenoxy) is 6. The summed E-state index contributed by atoms with van der Waals surface area (Å²) in [5.74, 6) is -0.371. The molecule has 0 bridgehead atoms. The van der Waals surface area contributed by atoms with Gasteiger partial charge in [0.05, 0.1) is 26.4 Å². The predicted molar refractivity (Wildman–Crippen MR) is 294 cm³/mol. The van der Waals surface area contributed by atoms with Crippen molar-refractivity contribution in [3.05, 3.63) is 12.2 Å². The molecule has 0 aromatic rings. The van der Waals surface area contributed by atoms with Crippen LogP contribution in [-0.2, 0) is 33.2 Å². The van der Waals surface area contributed by atoms with Crippen LogP contribution in [-0.4, -0.2) is 142 Å². The van der Waals surface area contributed by atoms with Crippen molar-refractivity contribution in [2.45, 2.75) is 332 Å². The molecule has 0 spiro atoms. The summed E-state index contributed by atoms with van der Waals surface area (Å²) in [5.41, 5.74) is 0. The molecule has 74 heavy (non-hydrogen) atoms. The Balaban J connectivity index is 1.67. The van der Waals surface area contributed by atoms with Crippen LogP contribution in [0.2, 0.25) is 0 Å². The van der Waals surface area contributed by atoms with Gasteiger partial charge in [-0.15, -0.1) is 0 Å². The smallest absolute Gasteiger partial charge is 0.306 e. The molecular weight excluding hydrogens is 945 g/mol. The Bertz CT molecular complexity index is 1270. The number of carbonyl (C=O) groups is 1. The first-order chi connectivity index (χ1) is 36.1.